The molecule has 0 bridgehead atoms. The summed E-state index contributed by atoms with van der Waals surface area (Å²) in [7, 11) is -0.678. The van der Waals surface area contributed by atoms with Crippen molar-refractivity contribution in [2.75, 3.05) is 30.5 Å². The highest BCUT2D eigenvalue weighted by Crippen LogP contribution is 2.60. The van der Waals surface area contributed by atoms with E-state index in [0.717, 1.165) is 5.88 Å². The lowest BCUT2D eigenvalue weighted by molar-refractivity contribution is 0.834. The first kappa shape index (κ1) is 16.7. The van der Waals surface area contributed by atoms with Crippen LogP contribution in [0, 0.1) is 0 Å². The van der Waals surface area contributed by atoms with E-state index >= 15 is 0 Å². The fraction of sp³-hybridized carbons (Fsp3) is 1.00. The fourth-order valence-corrected chi connectivity index (χ4v) is 8.07. The molecular weight excluding hydrogens is 235 g/mol. The van der Waals surface area contributed by atoms with Crippen LogP contribution in [0.2, 0.25) is 0 Å². The summed E-state index contributed by atoms with van der Waals surface area (Å²) in [6, 6.07) is 0. The third-order valence-electron chi connectivity index (χ3n) is 3.52. The number of halogens is 1. The number of hydrogen-bond acceptors (Lipinski definition) is 0. The molecule has 16 heavy (non-hydrogen) atoms. The largest absolute Gasteiger partial charge is 0.123 e. The molecule has 0 aliphatic rings. The number of alkyl halides is 1. The molecule has 0 saturated carbocycles. The second-order valence-electron chi connectivity index (χ2n) is 4.99. The minimum Gasteiger partial charge on any atom is -0.123 e. The van der Waals surface area contributed by atoms with Gasteiger partial charge in [-0.25, -0.2) is 0 Å². The monoisotopic (exact) mass is 265 g/mol. The van der Waals surface area contributed by atoms with Crippen LogP contribution in [-0.4, -0.2) is 30.5 Å². The van der Waals surface area contributed by atoms with Crippen LogP contribution in [-0.2, 0) is 0 Å². The highest BCUT2D eigenvalue weighted by Gasteiger charge is 2.34. The molecule has 0 heterocycles. The second kappa shape index (κ2) is 10.8. The Hall–Kier alpha value is 0.720. The van der Waals surface area contributed by atoms with Gasteiger partial charge in [-0.2, -0.15) is 0 Å². The van der Waals surface area contributed by atoms with Crippen LogP contribution in [0.4, 0.5) is 0 Å². The first-order valence-corrected chi connectivity index (χ1v) is 10.2. The summed E-state index contributed by atoms with van der Waals surface area (Å²) in [6.45, 7) is 6.94. The van der Waals surface area contributed by atoms with Crippen LogP contribution in [0.25, 0.3) is 0 Å². The average Bonchev–Trinajstić information content (AvgIpc) is 2.31. The zero-order valence-electron chi connectivity index (χ0n) is 11.6. The lowest BCUT2D eigenvalue weighted by Crippen LogP contribution is -2.13. The van der Waals surface area contributed by atoms with Crippen LogP contribution in [0.1, 0.15) is 59.3 Å². The average molecular weight is 266 g/mol. The van der Waals surface area contributed by atoms with Gasteiger partial charge in [0.05, 0.1) is 30.5 Å². The number of hydrogen-bond donors (Lipinski definition) is 0. The Morgan fingerprint density at radius 3 is 1.31 bits per heavy atom. The van der Waals surface area contributed by atoms with Gasteiger partial charge in [-0.3, -0.25) is 0 Å². The van der Waals surface area contributed by atoms with E-state index in [0.29, 0.717) is 0 Å². The fourth-order valence-electron chi connectivity index (χ4n) is 2.33. The van der Waals surface area contributed by atoms with Gasteiger partial charge in [0.25, 0.3) is 0 Å². The molecule has 0 radical (unpaired) electrons. The summed E-state index contributed by atoms with van der Waals surface area (Å²) in [5.41, 5.74) is 0. The Labute approximate surface area is 109 Å². The highest BCUT2D eigenvalue weighted by molar-refractivity contribution is 7.76. The number of rotatable bonds is 11. The van der Waals surface area contributed by atoms with Crippen LogP contribution in [0.15, 0.2) is 0 Å². The molecule has 0 aromatic heterocycles. The zero-order chi connectivity index (χ0) is 12.3. The standard InChI is InChI=1S/C14H31ClP/c1-4-7-11-16(14-10-15,12-8-5-2)13-9-6-3/h4-14H2,1-3H3/q+1. The van der Waals surface area contributed by atoms with Gasteiger partial charge in [0.2, 0.25) is 0 Å². The molecule has 0 unspecified atom stereocenters. The third-order valence-corrected chi connectivity index (χ3v) is 8.94. The maximum Gasteiger partial charge on any atom is 0.0729 e. The van der Waals surface area contributed by atoms with E-state index in [1.807, 2.05) is 0 Å². The summed E-state index contributed by atoms with van der Waals surface area (Å²) in [6.07, 6.45) is 14.2. The van der Waals surface area contributed by atoms with Crippen molar-refractivity contribution in [1.82, 2.24) is 0 Å². The minimum atomic E-state index is -0.678. The smallest absolute Gasteiger partial charge is 0.0729 e. The van der Waals surface area contributed by atoms with Crippen molar-refractivity contribution in [3.63, 3.8) is 0 Å². The predicted molar refractivity (Wildman–Crippen MR) is 81.8 cm³/mol. The quantitative estimate of drug-likeness (QED) is 0.335. The predicted octanol–water partition coefficient (Wildman–Crippen LogP) is 5.64. The normalized spacial score (nSPS) is 12.0. The van der Waals surface area contributed by atoms with Crippen molar-refractivity contribution in [3.8, 4) is 0 Å². The van der Waals surface area contributed by atoms with E-state index in [-0.39, 0.29) is 0 Å². The summed E-state index contributed by atoms with van der Waals surface area (Å²) in [5, 5.41) is 0. The molecule has 0 nitrogen and oxygen atoms in total. The van der Waals surface area contributed by atoms with Crippen molar-refractivity contribution in [2.45, 2.75) is 59.3 Å². The first-order valence-electron chi connectivity index (χ1n) is 7.15. The summed E-state index contributed by atoms with van der Waals surface area (Å²) in [5.74, 6) is 0.894. The molecule has 0 aromatic rings. The van der Waals surface area contributed by atoms with E-state index in [1.54, 1.807) is 0 Å². The van der Waals surface area contributed by atoms with Crippen molar-refractivity contribution in [3.05, 3.63) is 0 Å². The molecule has 0 N–H and O–H groups in total. The minimum absolute atomic E-state index is 0.678. The van der Waals surface area contributed by atoms with Crippen molar-refractivity contribution in [1.29, 1.82) is 0 Å². The molecule has 0 fully saturated rings. The van der Waals surface area contributed by atoms with Gasteiger partial charge in [-0.1, -0.05) is 40.0 Å². The van der Waals surface area contributed by atoms with Gasteiger partial charge in [-0.05, 0) is 19.3 Å². The van der Waals surface area contributed by atoms with Crippen molar-refractivity contribution < 1.29 is 0 Å². The Morgan fingerprint density at radius 2 is 1.06 bits per heavy atom. The Bertz CT molecular complexity index is 126. The van der Waals surface area contributed by atoms with Crippen LogP contribution >= 0.6 is 18.9 Å². The highest BCUT2D eigenvalue weighted by atomic mass is 35.5. The maximum atomic E-state index is 6.05. The molecule has 0 atom stereocenters. The van der Waals surface area contributed by atoms with E-state index in [2.05, 4.69) is 20.8 Å². The van der Waals surface area contributed by atoms with Gasteiger partial charge < -0.3 is 0 Å². The lowest BCUT2D eigenvalue weighted by atomic mass is 10.4. The Morgan fingerprint density at radius 1 is 0.688 bits per heavy atom. The molecule has 98 valence electrons. The summed E-state index contributed by atoms with van der Waals surface area (Å²) in [4.78, 5) is 0. The first-order chi connectivity index (χ1) is 7.74. The maximum absolute atomic E-state index is 6.05. The molecular formula is C14H31ClP+. The number of unbranched alkanes of at least 4 members (excludes halogenated alkanes) is 3. The van der Waals surface area contributed by atoms with Crippen LogP contribution < -0.4 is 0 Å². The van der Waals surface area contributed by atoms with Gasteiger partial charge >= 0.3 is 0 Å². The zero-order valence-corrected chi connectivity index (χ0v) is 13.3. The molecule has 0 aliphatic carbocycles. The summed E-state index contributed by atoms with van der Waals surface area (Å²) < 4.78 is 0. The van der Waals surface area contributed by atoms with Gasteiger partial charge in [-0.15, -0.1) is 11.6 Å². The topological polar surface area (TPSA) is 0 Å². The van der Waals surface area contributed by atoms with Gasteiger partial charge in [0.15, 0.2) is 0 Å². The van der Waals surface area contributed by atoms with Gasteiger partial charge in [0.1, 0.15) is 0 Å². The van der Waals surface area contributed by atoms with E-state index in [1.165, 1.54) is 63.2 Å². The summed E-state index contributed by atoms with van der Waals surface area (Å²) >= 11 is 6.05. The molecule has 0 rings (SSSR count). The SMILES string of the molecule is CCCC[P+](CCCl)(CCCC)CCCC. The van der Waals surface area contributed by atoms with E-state index in [9.17, 15) is 0 Å². The molecule has 0 aromatic carbocycles. The Kier molecular flexibility index (Phi) is 11.3. The van der Waals surface area contributed by atoms with Crippen molar-refractivity contribution in [2.24, 2.45) is 0 Å². The lowest BCUT2D eigenvalue weighted by Gasteiger charge is -2.27. The van der Waals surface area contributed by atoms with Crippen LogP contribution in [0.5, 0.6) is 0 Å². The van der Waals surface area contributed by atoms with Crippen LogP contribution in [0.3, 0.4) is 0 Å². The Balaban J connectivity index is 4.32. The second-order valence-corrected chi connectivity index (χ2v) is 9.84. The van der Waals surface area contributed by atoms with E-state index < -0.39 is 7.26 Å². The van der Waals surface area contributed by atoms with E-state index in [4.69, 9.17) is 11.6 Å². The van der Waals surface area contributed by atoms with Gasteiger partial charge in [0, 0.05) is 7.26 Å². The molecule has 0 aliphatic heterocycles. The molecule has 0 spiro atoms. The molecule has 0 amide bonds. The molecule has 0 saturated heterocycles. The third kappa shape index (κ3) is 7.13. The van der Waals surface area contributed by atoms with Crippen molar-refractivity contribution >= 4 is 18.9 Å². The molecule has 2 heteroatoms.